The van der Waals surface area contributed by atoms with Crippen molar-refractivity contribution in [1.29, 1.82) is 0 Å². The average molecular weight is 272 g/mol. The first-order chi connectivity index (χ1) is 9.54. The van der Waals surface area contributed by atoms with Crippen LogP contribution in [0.3, 0.4) is 0 Å². The monoisotopic (exact) mass is 272 g/mol. The lowest BCUT2D eigenvalue weighted by atomic mass is 10.1. The SMILES string of the molecule is CC(=O)Nc1ccc(NC(C)c2ccc(F)cc2)cc1. The lowest BCUT2D eigenvalue weighted by Crippen LogP contribution is -2.08. The molecule has 0 heterocycles. The van der Waals surface area contributed by atoms with Crippen LogP contribution in [0.4, 0.5) is 15.8 Å². The lowest BCUT2D eigenvalue weighted by molar-refractivity contribution is -0.114. The van der Waals surface area contributed by atoms with Crippen molar-refractivity contribution in [2.45, 2.75) is 19.9 Å². The second-order valence-electron chi connectivity index (χ2n) is 4.68. The fourth-order valence-electron chi connectivity index (χ4n) is 1.94. The van der Waals surface area contributed by atoms with Crippen molar-refractivity contribution >= 4 is 17.3 Å². The maximum Gasteiger partial charge on any atom is 0.221 e. The molecule has 1 atom stereocenters. The summed E-state index contributed by atoms with van der Waals surface area (Å²) in [7, 11) is 0. The highest BCUT2D eigenvalue weighted by Crippen LogP contribution is 2.21. The second-order valence-corrected chi connectivity index (χ2v) is 4.68. The largest absolute Gasteiger partial charge is 0.379 e. The standard InChI is InChI=1S/C16H17FN2O/c1-11(13-3-5-14(17)6-4-13)18-15-7-9-16(10-8-15)19-12(2)20/h3-11,18H,1-2H3,(H,19,20). The van der Waals surface area contributed by atoms with E-state index in [4.69, 9.17) is 0 Å². The molecular formula is C16H17FN2O. The van der Waals surface area contributed by atoms with Crippen LogP contribution < -0.4 is 10.6 Å². The Kier molecular flexibility index (Phi) is 4.35. The van der Waals surface area contributed by atoms with Gasteiger partial charge in [-0.2, -0.15) is 0 Å². The van der Waals surface area contributed by atoms with Crippen LogP contribution in [0.15, 0.2) is 48.5 Å². The van der Waals surface area contributed by atoms with E-state index in [1.165, 1.54) is 19.1 Å². The van der Waals surface area contributed by atoms with Gasteiger partial charge in [0.1, 0.15) is 5.82 Å². The van der Waals surface area contributed by atoms with Crippen LogP contribution >= 0.6 is 0 Å². The number of nitrogens with one attached hydrogen (secondary N) is 2. The van der Waals surface area contributed by atoms with Crippen LogP contribution in [-0.4, -0.2) is 5.91 Å². The molecule has 0 aliphatic rings. The van der Waals surface area contributed by atoms with Crippen molar-refractivity contribution in [3.63, 3.8) is 0 Å². The Bertz CT molecular complexity index is 578. The molecule has 0 fully saturated rings. The number of carbonyl (C=O) groups is 1. The molecule has 0 spiro atoms. The summed E-state index contributed by atoms with van der Waals surface area (Å²) in [6, 6.07) is 14.0. The smallest absolute Gasteiger partial charge is 0.221 e. The zero-order valence-electron chi connectivity index (χ0n) is 11.5. The van der Waals surface area contributed by atoms with Crippen LogP contribution in [-0.2, 0) is 4.79 Å². The predicted octanol–water partition coefficient (Wildman–Crippen LogP) is 3.96. The first kappa shape index (κ1) is 14.1. The van der Waals surface area contributed by atoms with Gasteiger partial charge < -0.3 is 10.6 Å². The molecule has 3 nitrogen and oxygen atoms in total. The quantitative estimate of drug-likeness (QED) is 0.884. The van der Waals surface area contributed by atoms with Gasteiger partial charge >= 0.3 is 0 Å². The number of carbonyl (C=O) groups excluding carboxylic acids is 1. The predicted molar refractivity (Wildman–Crippen MR) is 79.2 cm³/mol. The van der Waals surface area contributed by atoms with E-state index >= 15 is 0 Å². The molecule has 2 aromatic rings. The Morgan fingerprint density at radius 2 is 1.55 bits per heavy atom. The van der Waals surface area contributed by atoms with Crippen molar-refractivity contribution in [2.75, 3.05) is 10.6 Å². The Morgan fingerprint density at radius 1 is 1.00 bits per heavy atom. The van der Waals surface area contributed by atoms with Crippen molar-refractivity contribution < 1.29 is 9.18 Å². The molecule has 1 unspecified atom stereocenters. The molecule has 0 saturated heterocycles. The van der Waals surface area contributed by atoms with Gasteiger partial charge in [-0.15, -0.1) is 0 Å². The molecule has 2 rings (SSSR count). The van der Waals surface area contributed by atoms with Crippen LogP contribution in [0.25, 0.3) is 0 Å². The lowest BCUT2D eigenvalue weighted by Gasteiger charge is -2.16. The summed E-state index contributed by atoms with van der Waals surface area (Å²) >= 11 is 0. The maximum atomic E-state index is 12.9. The minimum absolute atomic E-state index is 0.0715. The zero-order valence-corrected chi connectivity index (χ0v) is 11.5. The number of hydrogen-bond acceptors (Lipinski definition) is 2. The van der Waals surface area contributed by atoms with Crippen LogP contribution in [0.5, 0.6) is 0 Å². The van der Waals surface area contributed by atoms with Crippen molar-refractivity contribution in [1.82, 2.24) is 0 Å². The number of amides is 1. The molecule has 104 valence electrons. The number of benzene rings is 2. The topological polar surface area (TPSA) is 41.1 Å². The van der Waals surface area contributed by atoms with Gasteiger partial charge in [-0.25, -0.2) is 4.39 Å². The fourth-order valence-corrected chi connectivity index (χ4v) is 1.94. The molecule has 2 aromatic carbocycles. The molecular weight excluding hydrogens is 255 g/mol. The first-order valence-corrected chi connectivity index (χ1v) is 6.44. The highest BCUT2D eigenvalue weighted by molar-refractivity contribution is 5.88. The maximum absolute atomic E-state index is 12.9. The minimum atomic E-state index is -0.236. The van der Waals surface area contributed by atoms with Crippen LogP contribution in [0.1, 0.15) is 25.5 Å². The number of anilines is 2. The average Bonchev–Trinajstić information content (AvgIpc) is 2.41. The molecule has 0 aromatic heterocycles. The molecule has 0 saturated carbocycles. The van der Waals surface area contributed by atoms with Gasteiger partial charge in [0.05, 0.1) is 0 Å². The molecule has 0 aliphatic carbocycles. The van der Waals surface area contributed by atoms with E-state index in [0.29, 0.717) is 0 Å². The number of rotatable bonds is 4. The molecule has 0 aliphatic heterocycles. The van der Waals surface area contributed by atoms with E-state index < -0.39 is 0 Å². The molecule has 1 amide bonds. The second kappa shape index (κ2) is 6.19. The molecule has 4 heteroatoms. The summed E-state index contributed by atoms with van der Waals surface area (Å²) in [6.07, 6.45) is 0. The highest BCUT2D eigenvalue weighted by Gasteiger charge is 2.05. The van der Waals surface area contributed by atoms with Crippen molar-refractivity contribution in [3.05, 3.63) is 59.9 Å². The first-order valence-electron chi connectivity index (χ1n) is 6.44. The van der Waals surface area contributed by atoms with E-state index in [1.54, 1.807) is 12.1 Å². The van der Waals surface area contributed by atoms with Gasteiger partial charge in [0.15, 0.2) is 0 Å². The summed E-state index contributed by atoms with van der Waals surface area (Å²) in [4.78, 5) is 10.9. The van der Waals surface area contributed by atoms with Crippen molar-refractivity contribution in [3.8, 4) is 0 Å². The van der Waals surface area contributed by atoms with Gasteiger partial charge in [0.2, 0.25) is 5.91 Å². The minimum Gasteiger partial charge on any atom is -0.379 e. The normalized spacial score (nSPS) is 11.8. The van der Waals surface area contributed by atoms with Gasteiger partial charge in [0.25, 0.3) is 0 Å². The van der Waals surface area contributed by atoms with Gasteiger partial charge in [-0.05, 0) is 48.9 Å². The summed E-state index contributed by atoms with van der Waals surface area (Å²) in [5.41, 5.74) is 2.71. The Balaban J connectivity index is 2.02. The van der Waals surface area contributed by atoms with E-state index in [-0.39, 0.29) is 17.8 Å². The Hall–Kier alpha value is -2.36. The van der Waals surface area contributed by atoms with E-state index in [2.05, 4.69) is 10.6 Å². The summed E-state index contributed by atoms with van der Waals surface area (Å²) in [6.45, 7) is 3.48. The van der Waals surface area contributed by atoms with Crippen molar-refractivity contribution in [2.24, 2.45) is 0 Å². The van der Waals surface area contributed by atoms with Gasteiger partial charge in [-0.1, -0.05) is 12.1 Å². The Labute approximate surface area is 117 Å². The molecule has 20 heavy (non-hydrogen) atoms. The number of halogens is 1. The van der Waals surface area contributed by atoms with Gasteiger partial charge in [0, 0.05) is 24.3 Å². The molecule has 0 bridgehead atoms. The van der Waals surface area contributed by atoms with Crippen LogP contribution in [0, 0.1) is 5.82 Å². The third kappa shape index (κ3) is 3.82. The van der Waals surface area contributed by atoms with Crippen LogP contribution in [0.2, 0.25) is 0 Å². The third-order valence-corrected chi connectivity index (χ3v) is 2.96. The van der Waals surface area contributed by atoms with E-state index in [9.17, 15) is 9.18 Å². The Morgan fingerprint density at radius 3 is 2.10 bits per heavy atom. The summed E-state index contributed by atoms with van der Waals surface area (Å²) < 4.78 is 12.9. The number of hydrogen-bond donors (Lipinski definition) is 2. The fraction of sp³-hybridized carbons (Fsp3) is 0.188. The van der Waals surface area contributed by atoms with E-state index in [0.717, 1.165) is 16.9 Å². The van der Waals surface area contributed by atoms with E-state index in [1.807, 2.05) is 31.2 Å². The third-order valence-electron chi connectivity index (χ3n) is 2.96. The van der Waals surface area contributed by atoms with Gasteiger partial charge in [-0.3, -0.25) is 4.79 Å². The highest BCUT2D eigenvalue weighted by atomic mass is 19.1. The zero-order chi connectivity index (χ0) is 14.5. The summed E-state index contributed by atoms with van der Waals surface area (Å²) in [5.74, 6) is -0.328. The summed E-state index contributed by atoms with van der Waals surface area (Å²) in [5, 5.41) is 6.04. The molecule has 2 N–H and O–H groups in total. The molecule has 0 radical (unpaired) electrons.